The van der Waals surface area contributed by atoms with Crippen LogP contribution in [0.5, 0.6) is 11.5 Å². The minimum absolute atomic E-state index is 0.0786. The Hall–Kier alpha value is -4.87. The number of aryl methyl sites for hydroxylation is 1. The number of hydrogen-bond acceptors (Lipinski definition) is 9. The number of nitrogens with zero attached hydrogens (tertiary/aromatic N) is 6. The summed E-state index contributed by atoms with van der Waals surface area (Å²) in [6.45, 7) is 1.89. The number of anilines is 1. The Bertz CT molecular complexity index is 1590. The number of rotatable bonds is 10. The number of benzene rings is 2. The van der Waals surface area contributed by atoms with Crippen molar-refractivity contribution >= 4 is 17.5 Å². The number of carbonyl (C=O) groups is 2. The molecule has 1 fully saturated rings. The Balaban J connectivity index is 1.34. The van der Waals surface area contributed by atoms with E-state index in [4.69, 9.17) is 13.9 Å². The Morgan fingerprint density at radius 3 is 2.51 bits per heavy atom. The summed E-state index contributed by atoms with van der Waals surface area (Å²) in [6.07, 6.45) is 3.99. The molecule has 43 heavy (non-hydrogen) atoms. The van der Waals surface area contributed by atoms with Crippen molar-refractivity contribution in [1.29, 1.82) is 0 Å². The van der Waals surface area contributed by atoms with Gasteiger partial charge in [0.2, 0.25) is 24.4 Å². The van der Waals surface area contributed by atoms with Gasteiger partial charge in [0.15, 0.2) is 17.3 Å². The van der Waals surface area contributed by atoms with E-state index in [2.05, 4.69) is 20.7 Å². The van der Waals surface area contributed by atoms with Crippen molar-refractivity contribution in [3.8, 4) is 23.1 Å². The first-order valence-electron chi connectivity index (χ1n) is 14.4. The van der Waals surface area contributed by atoms with E-state index in [-0.39, 0.29) is 43.6 Å². The molecule has 0 spiro atoms. The number of furan rings is 1. The van der Waals surface area contributed by atoms with Crippen molar-refractivity contribution in [2.75, 3.05) is 25.8 Å². The minimum Gasteiger partial charge on any atom is -0.458 e. The van der Waals surface area contributed by atoms with Gasteiger partial charge < -0.3 is 29.0 Å². The van der Waals surface area contributed by atoms with Crippen molar-refractivity contribution in [2.24, 2.45) is 0 Å². The molecule has 0 radical (unpaired) electrons. The Morgan fingerprint density at radius 1 is 1.02 bits per heavy atom. The molecule has 1 atom stereocenters. The van der Waals surface area contributed by atoms with Gasteiger partial charge in [0, 0.05) is 32.4 Å². The summed E-state index contributed by atoms with van der Waals surface area (Å²) in [6, 6.07) is 16.0. The molecule has 0 saturated heterocycles. The zero-order valence-electron chi connectivity index (χ0n) is 24.5. The zero-order chi connectivity index (χ0) is 29.9. The molecule has 1 aliphatic heterocycles. The highest BCUT2D eigenvalue weighted by Gasteiger charge is 2.34. The van der Waals surface area contributed by atoms with Gasteiger partial charge in [-0.05, 0) is 72.5 Å². The number of hydrogen-bond donors (Lipinski definition) is 1. The van der Waals surface area contributed by atoms with Crippen LogP contribution in [0, 0.1) is 6.92 Å². The van der Waals surface area contributed by atoms with Gasteiger partial charge in [0.1, 0.15) is 18.3 Å². The topological polar surface area (TPSA) is 128 Å². The lowest BCUT2D eigenvalue weighted by atomic mass is 10.0. The third-order valence-electron chi connectivity index (χ3n) is 7.79. The lowest BCUT2D eigenvalue weighted by molar-refractivity contribution is -0.142. The molecule has 2 aromatic carbocycles. The van der Waals surface area contributed by atoms with E-state index in [1.165, 1.54) is 4.80 Å². The van der Waals surface area contributed by atoms with E-state index in [0.717, 1.165) is 36.9 Å². The van der Waals surface area contributed by atoms with Crippen LogP contribution < -0.4 is 19.7 Å². The van der Waals surface area contributed by atoms with Crippen LogP contribution in [0.25, 0.3) is 11.6 Å². The quantitative estimate of drug-likeness (QED) is 0.295. The molecule has 2 aliphatic rings. The monoisotopic (exact) mass is 585 g/mol. The highest BCUT2D eigenvalue weighted by Crippen LogP contribution is 2.34. The third kappa shape index (κ3) is 6.32. The van der Waals surface area contributed by atoms with E-state index in [0.29, 0.717) is 28.6 Å². The fourth-order valence-corrected chi connectivity index (χ4v) is 5.51. The molecule has 1 saturated carbocycles. The predicted molar refractivity (Wildman–Crippen MR) is 157 cm³/mol. The normalized spacial score (nSPS) is 15.0. The van der Waals surface area contributed by atoms with Gasteiger partial charge in [0.05, 0.1) is 0 Å². The summed E-state index contributed by atoms with van der Waals surface area (Å²) in [5, 5.41) is 15.8. The summed E-state index contributed by atoms with van der Waals surface area (Å²) >= 11 is 0. The van der Waals surface area contributed by atoms with Crippen molar-refractivity contribution in [3.63, 3.8) is 0 Å². The number of ether oxygens (including phenoxy) is 2. The average molecular weight is 586 g/mol. The van der Waals surface area contributed by atoms with E-state index in [9.17, 15) is 9.59 Å². The molecular formula is C31H35N7O5. The molecule has 224 valence electrons. The molecule has 1 N–H and O–H groups in total. The summed E-state index contributed by atoms with van der Waals surface area (Å²) in [5.74, 6) is 2.12. The highest BCUT2D eigenvalue weighted by molar-refractivity contribution is 5.89. The standard InChI is InChI=1S/C31H35N7O5/c1-20-8-14-26(43-20)30-33-35-38(34-30)18-28(39)37(17-21-9-15-25-27(16-21)42-19-41-25)29(31(40)32-23-6-4-5-7-23)22-10-12-24(13-11-22)36(2)3/h8-16,23,29H,4-7,17-19H2,1-3H3,(H,32,40)/t29-/m1/s1. The first kappa shape index (κ1) is 28.3. The van der Waals surface area contributed by atoms with Crippen molar-refractivity contribution in [1.82, 2.24) is 30.4 Å². The number of amides is 2. The summed E-state index contributed by atoms with van der Waals surface area (Å²) in [4.78, 5) is 33.0. The van der Waals surface area contributed by atoms with Gasteiger partial charge in [-0.25, -0.2) is 0 Å². The van der Waals surface area contributed by atoms with E-state index in [1.54, 1.807) is 11.0 Å². The van der Waals surface area contributed by atoms with Gasteiger partial charge in [-0.3, -0.25) is 9.59 Å². The van der Waals surface area contributed by atoms with E-state index >= 15 is 0 Å². The first-order chi connectivity index (χ1) is 20.8. The fraction of sp³-hybridized carbons (Fsp3) is 0.387. The number of fused-ring (bicyclic) bond motifs is 1. The van der Waals surface area contributed by atoms with Crippen LogP contribution in [0.1, 0.15) is 48.6 Å². The maximum absolute atomic E-state index is 14.2. The van der Waals surface area contributed by atoms with Crippen LogP contribution in [0.15, 0.2) is 59.0 Å². The highest BCUT2D eigenvalue weighted by atomic mass is 16.7. The second kappa shape index (κ2) is 12.2. The van der Waals surface area contributed by atoms with Crippen molar-refractivity contribution in [3.05, 3.63) is 71.5 Å². The molecular weight excluding hydrogens is 550 g/mol. The number of carbonyl (C=O) groups excluding carboxylic acids is 2. The molecule has 6 rings (SSSR count). The Kier molecular flexibility index (Phi) is 7.99. The molecule has 12 heteroatoms. The van der Waals surface area contributed by atoms with E-state index in [1.807, 2.05) is 74.4 Å². The van der Waals surface area contributed by atoms with Crippen LogP contribution in [0.2, 0.25) is 0 Å². The van der Waals surface area contributed by atoms with Crippen LogP contribution in [-0.4, -0.2) is 63.9 Å². The Labute approximate surface area is 249 Å². The van der Waals surface area contributed by atoms with Gasteiger partial charge in [-0.1, -0.05) is 31.0 Å². The van der Waals surface area contributed by atoms with E-state index < -0.39 is 6.04 Å². The summed E-state index contributed by atoms with van der Waals surface area (Å²) in [7, 11) is 3.91. The SMILES string of the molecule is Cc1ccc(-c2nnn(CC(=O)N(Cc3ccc4c(c3)OCO4)[C@@H](C(=O)NC3CCCC3)c3ccc(N(C)C)cc3)n2)o1. The maximum Gasteiger partial charge on any atom is 0.247 e. The lowest BCUT2D eigenvalue weighted by Gasteiger charge is -2.32. The largest absolute Gasteiger partial charge is 0.458 e. The molecule has 4 aromatic rings. The lowest BCUT2D eigenvalue weighted by Crippen LogP contribution is -2.46. The molecule has 0 unspecified atom stereocenters. The molecule has 1 aliphatic carbocycles. The minimum atomic E-state index is -0.898. The average Bonchev–Trinajstić information content (AvgIpc) is 3.81. The van der Waals surface area contributed by atoms with Crippen molar-refractivity contribution in [2.45, 2.75) is 57.8 Å². The van der Waals surface area contributed by atoms with Crippen LogP contribution >= 0.6 is 0 Å². The first-order valence-corrected chi connectivity index (χ1v) is 14.4. The van der Waals surface area contributed by atoms with Crippen LogP contribution in [0.3, 0.4) is 0 Å². The second-order valence-electron chi connectivity index (χ2n) is 11.1. The van der Waals surface area contributed by atoms with Crippen LogP contribution in [-0.2, 0) is 22.7 Å². The van der Waals surface area contributed by atoms with Gasteiger partial charge in [-0.15, -0.1) is 10.2 Å². The number of tetrazole rings is 1. The number of aromatic nitrogens is 4. The molecule has 0 bridgehead atoms. The fourth-order valence-electron chi connectivity index (χ4n) is 5.51. The Morgan fingerprint density at radius 2 is 1.79 bits per heavy atom. The maximum atomic E-state index is 14.2. The summed E-state index contributed by atoms with van der Waals surface area (Å²) < 4.78 is 16.7. The van der Waals surface area contributed by atoms with Gasteiger partial charge in [0.25, 0.3) is 0 Å². The van der Waals surface area contributed by atoms with Crippen LogP contribution in [0.4, 0.5) is 5.69 Å². The number of nitrogens with one attached hydrogen (secondary N) is 1. The molecule has 12 nitrogen and oxygen atoms in total. The smallest absolute Gasteiger partial charge is 0.247 e. The van der Waals surface area contributed by atoms with Gasteiger partial charge >= 0.3 is 0 Å². The zero-order valence-corrected chi connectivity index (χ0v) is 24.5. The molecule has 3 heterocycles. The summed E-state index contributed by atoms with van der Waals surface area (Å²) in [5.41, 5.74) is 2.48. The predicted octanol–water partition coefficient (Wildman–Crippen LogP) is 3.87. The second-order valence-corrected chi connectivity index (χ2v) is 11.1. The van der Waals surface area contributed by atoms with Crippen molar-refractivity contribution < 1.29 is 23.5 Å². The molecule has 2 aromatic heterocycles. The molecule has 2 amide bonds. The third-order valence-corrected chi connectivity index (χ3v) is 7.79. The van der Waals surface area contributed by atoms with Gasteiger partial charge in [-0.2, -0.15) is 4.80 Å².